The molecule has 0 fully saturated rings. The predicted octanol–water partition coefficient (Wildman–Crippen LogP) is 2.08. The number of rotatable bonds is 3. The second-order valence-corrected chi connectivity index (χ2v) is 7.31. The lowest BCUT2D eigenvalue weighted by molar-refractivity contribution is 0.0694. The molecular formula is C19H18FN5O4. The first-order valence-corrected chi connectivity index (χ1v) is 9.17. The number of H-pyrrole nitrogens is 1. The number of nitrogens with one attached hydrogen (secondary N) is 2. The Kier molecular flexibility index (Phi) is 3.61. The van der Waals surface area contributed by atoms with Crippen LogP contribution in [0.3, 0.4) is 0 Å². The Morgan fingerprint density at radius 1 is 1.45 bits per heavy atom. The standard InChI is InChI=1S/C19H18FN5O4/c1-8-7-29-17-14-9(16(26)11(19(27)28)5-25(8)14)3-12(20)15(17)24-4-10-13(6-24)22-23-18(10)21-2/h3,5,8H,4,6-7H2,1-2H3,(H,27,28)(H2,21,22,23)/t8-/m0/s1. The Balaban J connectivity index is 1.74. The molecule has 0 saturated carbocycles. The van der Waals surface area contributed by atoms with Gasteiger partial charge in [-0.05, 0) is 13.0 Å². The molecule has 0 amide bonds. The number of carbonyl (C=O) groups is 1. The number of aromatic amines is 1. The zero-order chi connectivity index (χ0) is 20.4. The summed E-state index contributed by atoms with van der Waals surface area (Å²) >= 11 is 0. The van der Waals surface area contributed by atoms with Crippen LogP contribution < -0.4 is 20.4 Å². The van der Waals surface area contributed by atoms with E-state index in [-0.39, 0.29) is 35.0 Å². The van der Waals surface area contributed by atoms with Crippen molar-refractivity contribution in [1.29, 1.82) is 0 Å². The highest BCUT2D eigenvalue weighted by molar-refractivity contribution is 5.97. The van der Waals surface area contributed by atoms with Crippen molar-refractivity contribution < 1.29 is 19.0 Å². The van der Waals surface area contributed by atoms with E-state index in [1.165, 1.54) is 6.20 Å². The maximum Gasteiger partial charge on any atom is 0.341 e. The van der Waals surface area contributed by atoms with Gasteiger partial charge in [0.25, 0.3) is 0 Å². The fourth-order valence-electron chi connectivity index (χ4n) is 4.16. The van der Waals surface area contributed by atoms with Gasteiger partial charge in [0, 0.05) is 25.4 Å². The normalized spacial score (nSPS) is 17.3. The smallest absolute Gasteiger partial charge is 0.341 e. The van der Waals surface area contributed by atoms with Gasteiger partial charge in [-0.25, -0.2) is 9.18 Å². The topological polar surface area (TPSA) is 112 Å². The number of pyridine rings is 1. The van der Waals surface area contributed by atoms with Gasteiger partial charge < -0.3 is 24.6 Å². The summed E-state index contributed by atoms with van der Waals surface area (Å²) in [6.07, 6.45) is 1.32. The van der Waals surface area contributed by atoms with E-state index in [0.717, 1.165) is 17.3 Å². The van der Waals surface area contributed by atoms with E-state index in [4.69, 9.17) is 4.74 Å². The van der Waals surface area contributed by atoms with Crippen LogP contribution in [0, 0.1) is 5.82 Å². The number of benzene rings is 1. The molecular weight excluding hydrogens is 381 g/mol. The van der Waals surface area contributed by atoms with Gasteiger partial charge in [-0.15, -0.1) is 0 Å². The van der Waals surface area contributed by atoms with Crippen LogP contribution in [0.15, 0.2) is 17.1 Å². The quantitative estimate of drug-likeness (QED) is 0.618. The number of carboxylic acid groups (broad SMARTS) is 1. The molecule has 1 atom stereocenters. The van der Waals surface area contributed by atoms with Crippen molar-refractivity contribution in [2.45, 2.75) is 26.1 Å². The molecule has 3 aromatic rings. The summed E-state index contributed by atoms with van der Waals surface area (Å²) < 4.78 is 22.8. The number of hydrogen-bond donors (Lipinski definition) is 3. The summed E-state index contributed by atoms with van der Waals surface area (Å²) in [5.74, 6) is -1.00. The third kappa shape index (κ3) is 2.35. The number of anilines is 2. The molecule has 150 valence electrons. The van der Waals surface area contributed by atoms with E-state index in [0.29, 0.717) is 24.4 Å². The van der Waals surface area contributed by atoms with Gasteiger partial charge in [-0.1, -0.05) is 0 Å². The van der Waals surface area contributed by atoms with Gasteiger partial charge in [-0.2, -0.15) is 5.10 Å². The van der Waals surface area contributed by atoms with Gasteiger partial charge in [0.15, 0.2) is 17.4 Å². The van der Waals surface area contributed by atoms with E-state index in [1.54, 1.807) is 11.6 Å². The fraction of sp³-hybridized carbons (Fsp3) is 0.316. The molecule has 1 aromatic carbocycles. The lowest BCUT2D eigenvalue weighted by Gasteiger charge is -2.31. The van der Waals surface area contributed by atoms with E-state index < -0.39 is 17.2 Å². The van der Waals surface area contributed by atoms with Crippen molar-refractivity contribution in [1.82, 2.24) is 14.8 Å². The number of fused-ring (bicyclic) bond motifs is 1. The zero-order valence-electron chi connectivity index (χ0n) is 15.7. The molecule has 10 heteroatoms. The number of carboxylic acids is 1. The molecule has 2 aromatic heterocycles. The summed E-state index contributed by atoms with van der Waals surface area (Å²) in [6.45, 7) is 2.93. The van der Waals surface area contributed by atoms with Crippen molar-refractivity contribution in [3.05, 3.63) is 45.1 Å². The Morgan fingerprint density at radius 3 is 2.97 bits per heavy atom. The van der Waals surface area contributed by atoms with E-state index in [2.05, 4.69) is 15.5 Å². The Bertz CT molecular complexity index is 1250. The van der Waals surface area contributed by atoms with Crippen LogP contribution >= 0.6 is 0 Å². The number of hydrogen-bond acceptors (Lipinski definition) is 6. The average molecular weight is 399 g/mol. The number of aromatic carboxylic acids is 1. The van der Waals surface area contributed by atoms with Crippen molar-refractivity contribution >= 4 is 28.4 Å². The van der Waals surface area contributed by atoms with E-state index >= 15 is 4.39 Å². The number of nitrogens with zero attached hydrogens (tertiary/aromatic N) is 3. The van der Waals surface area contributed by atoms with Gasteiger partial charge in [0.05, 0.1) is 29.2 Å². The fourth-order valence-corrected chi connectivity index (χ4v) is 4.16. The minimum Gasteiger partial charge on any atom is -0.487 e. The van der Waals surface area contributed by atoms with Gasteiger partial charge in [0.1, 0.15) is 17.9 Å². The molecule has 3 N–H and O–H groups in total. The van der Waals surface area contributed by atoms with E-state index in [1.807, 2.05) is 11.8 Å². The third-order valence-electron chi connectivity index (χ3n) is 5.58. The van der Waals surface area contributed by atoms with Crippen molar-refractivity contribution in [3.8, 4) is 5.75 Å². The molecule has 0 spiro atoms. The molecule has 2 aliphatic heterocycles. The number of aromatic nitrogens is 3. The van der Waals surface area contributed by atoms with Crippen LogP contribution in [0.25, 0.3) is 10.9 Å². The van der Waals surface area contributed by atoms with Crippen LogP contribution in [0.2, 0.25) is 0 Å². The molecule has 4 heterocycles. The molecule has 0 aliphatic carbocycles. The SMILES string of the molecule is CNc1n[nH]c2c1CN(c1c(F)cc3c(=O)c(C(=O)O)cn4c3c1OC[C@@H]4C)C2. The van der Waals surface area contributed by atoms with Gasteiger partial charge in [0.2, 0.25) is 5.43 Å². The monoisotopic (exact) mass is 399 g/mol. The Hall–Kier alpha value is -3.56. The Morgan fingerprint density at radius 2 is 2.24 bits per heavy atom. The van der Waals surface area contributed by atoms with Crippen LogP contribution in [-0.2, 0) is 13.1 Å². The van der Waals surface area contributed by atoms with E-state index in [9.17, 15) is 14.7 Å². The first-order valence-electron chi connectivity index (χ1n) is 9.17. The molecule has 0 radical (unpaired) electrons. The third-order valence-corrected chi connectivity index (χ3v) is 5.58. The molecule has 2 aliphatic rings. The number of halogens is 1. The van der Waals surface area contributed by atoms with Crippen molar-refractivity contribution in [2.75, 3.05) is 23.9 Å². The largest absolute Gasteiger partial charge is 0.487 e. The van der Waals surface area contributed by atoms with Crippen LogP contribution in [-0.4, -0.2) is 39.5 Å². The first-order chi connectivity index (χ1) is 13.9. The maximum atomic E-state index is 15.2. The van der Waals surface area contributed by atoms with Crippen LogP contribution in [0.1, 0.15) is 34.6 Å². The second-order valence-electron chi connectivity index (χ2n) is 7.31. The highest BCUT2D eigenvalue weighted by Gasteiger charge is 2.33. The molecule has 5 rings (SSSR count). The average Bonchev–Trinajstić information content (AvgIpc) is 3.26. The van der Waals surface area contributed by atoms with Crippen molar-refractivity contribution in [3.63, 3.8) is 0 Å². The van der Waals surface area contributed by atoms with Crippen LogP contribution in [0.4, 0.5) is 15.9 Å². The molecule has 0 bridgehead atoms. The number of ether oxygens (including phenoxy) is 1. The lowest BCUT2D eigenvalue weighted by atomic mass is 10.1. The molecule has 9 nitrogen and oxygen atoms in total. The minimum absolute atomic E-state index is 0.00278. The van der Waals surface area contributed by atoms with Crippen molar-refractivity contribution in [2.24, 2.45) is 0 Å². The Labute approximate surface area is 163 Å². The summed E-state index contributed by atoms with van der Waals surface area (Å²) in [6, 6.07) is 0.915. The first kappa shape index (κ1) is 17.5. The highest BCUT2D eigenvalue weighted by Crippen LogP contribution is 2.44. The van der Waals surface area contributed by atoms with Gasteiger partial charge >= 0.3 is 5.97 Å². The highest BCUT2D eigenvalue weighted by atomic mass is 19.1. The summed E-state index contributed by atoms with van der Waals surface area (Å²) in [7, 11) is 1.77. The van der Waals surface area contributed by atoms with Gasteiger partial charge in [-0.3, -0.25) is 9.89 Å². The predicted molar refractivity (Wildman–Crippen MR) is 103 cm³/mol. The summed E-state index contributed by atoms with van der Waals surface area (Å²) in [5, 5.41) is 19.5. The maximum absolute atomic E-state index is 15.2. The molecule has 0 saturated heterocycles. The summed E-state index contributed by atoms with van der Waals surface area (Å²) in [4.78, 5) is 26.0. The lowest BCUT2D eigenvalue weighted by Crippen LogP contribution is -2.28. The molecule has 0 unspecified atom stereocenters. The minimum atomic E-state index is -1.34. The second kappa shape index (κ2) is 5.97. The molecule has 29 heavy (non-hydrogen) atoms. The van der Waals surface area contributed by atoms with Crippen LogP contribution in [0.5, 0.6) is 5.75 Å². The zero-order valence-corrected chi connectivity index (χ0v) is 15.7. The summed E-state index contributed by atoms with van der Waals surface area (Å²) in [5.41, 5.74) is 1.39.